The third-order valence-electron chi connectivity index (χ3n) is 3.36. The first-order valence-corrected chi connectivity index (χ1v) is 7.20. The van der Waals surface area contributed by atoms with Crippen LogP contribution >= 0.6 is 0 Å². The van der Waals surface area contributed by atoms with Gasteiger partial charge in [0.15, 0.2) is 0 Å². The van der Waals surface area contributed by atoms with Gasteiger partial charge in [0.1, 0.15) is 12.2 Å². The van der Waals surface area contributed by atoms with Gasteiger partial charge in [0, 0.05) is 0 Å². The first kappa shape index (κ1) is 14.7. The summed E-state index contributed by atoms with van der Waals surface area (Å²) in [4.78, 5) is 4.35. The van der Waals surface area contributed by atoms with Gasteiger partial charge in [0.05, 0.1) is 13.1 Å². The molecule has 0 saturated carbocycles. The molecule has 0 fully saturated rings. The highest BCUT2D eigenvalue weighted by Crippen LogP contribution is 2.12. The van der Waals surface area contributed by atoms with Crippen molar-refractivity contribution >= 4 is 0 Å². The Kier molecular flexibility index (Phi) is 4.90. The molecule has 1 N–H and O–H groups in total. The van der Waals surface area contributed by atoms with Crippen LogP contribution in [-0.4, -0.2) is 21.3 Å². The number of nitrogens with zero attached hydrogens (tertiary/aromatic N) is 3. The maximum atomic E-state index is 4.35. The molecule has 20 heavy (non-hydrogen) atoms. The van der Waals surface area contributed by atoms with Gasteiger partial charge in [-0.15, -0.1) is 0 Å². The highest BCUT2D eigenvalue weighted by molar-refractivity contribution is 5.30. The van der Waals surface area contributed by atoms with Gasteiger partial charge in [0.25, 0.3) is 0 Å². The van der Waals surface area contributed by atoms with Gasteiger partial charge >= 0.3 is 0 Å². The van der Waals surface area contributed by atoms with Gasteiger partial charge in [-0.2, -0.15) is 5.10 Å². The van der Waals surface area contributed by atoms with Crippen molar-refractivity contribution in [2.24, 2.45) is 5.92 Å². The number of aryl methyl sites for hydroxylation is 2. The van der Waals surface area contributed by atoms with Crippen LogP contribution in [0.4, 0.5) is 0 Å². The van der Waals surface area contributed by atoms with Crippen LogP contribution in [0.15, 0.2) is 24.5 Å². The molecular formula is C16H24N4. The lowest BCUT2D eigenvalue weighted by atomic mass is 10.1. The molecule has 0 radical (unpaired) electrons. The SMILES string of the molecule is Cc1ccc(C)c(Cn2ncnc2CNCC(C)C)c1. The molecular weight excluding hydrogens is 248 g/mol. The minimum absolute atomic E-state index is 0.644. The van der Waals surface area contributed by atoms with Crippen molar-refractivity contribution in [2.45, 2.75) is 40.8 Å². The molecule has 4 heteroatoms. The van der Waals surface area contributed by atoms with Crippen molar-refractivity contribution in [3.8, 4) is 0 Å². The third kappa shape index (κ3) is 3.90. The minimum atomic E-state index is 0.644. The van der Waals surface area contributed by atoms with Crippen molar-refractivity contribution in [1.82, 2.24) is 20.1 Å². The van der Waals surface area contributed by atoms with E-state index >= 15 is 0 Å². The predicted octanol–water partition coefficient (Wildman–Crippen LogP) is 2.69. The average Bonchev–Trinajstić information content (AvgIpc) is 2.81. The predicted molar refractivity (Wildman–Crippen MR) is 81.6 cm³/mol. The fraction of sp³-hybridized carbons (Fsp3) is 0.500. The second-order valence-corrected chi connectivity index (χ2v) is 5.79. The van der Waals surface area contributed by atoms with Crippen molar-refractivity contribution in [2.75, 3.05) is 6.54 Å². The molecule has 2 rings (SSSR count). The number of aromatic nitrogens is 3. The molecule has 0 unspecified atom stereocenters. The van der Waals surface area contributed by atoms with Crippen LogP contribution in [0.1, 0.15) is 36.4 Å². The fourth-order valence-electron chi connectivity index (χ4n) is 2.16. The third-order valence-corrected chi connectivity index (χ3v) is 3.36. The molecule has 0 atom stereocenters. The minimum Gasteiger partial charge on any atom is -0.310 e. The number of hydrogen-bond acceptors (Lipinski definition) is 3. The highest BCUT2D eigenvalue weighted by Gasteiger charge is 2.07. The molecule has 0 aliphatic rings. The molecule has 2 aromatic rings. The molecule has 1 heterocycles. The molecule has 0 amide bonds. The van der Waals surface area contributed by atoms with E-state index in [2.05, 4.69) is 61.3 Å². The average molecular weight is 272 g/mol. The molecule has 1 aromatic carbocycles. The Hall–Kier alpha value is -1.68. The van der Waals surface area contributed by atoms with E-state index in [1.54, 1.807) is 6.33 Å². The second-order valence-electron chi connectivity index (χ2n) is 5.79. The molecule has 4 nitrogen and oxygen atoms in total. The van der Waals surface area contributed by atoms with Crippen LogP contribution in [-0.2, 0) is 13.1 Å². The Balaban J connectivity index is 2.06. The zero-order chi connectivity index (χ0) is 14.5. The van der Waals surface area contributed by atoms with E-state index in [1.165, 1.54) is 16.7 Å². The maximum Gasteiger partial charge on any atom is 0.141 e. The lowest BCUT2D eigenvalue weighted by molar-refractivity contribution is 0.523. The lowest BCUT2D eigenvalue weighted by Crippen LogP contribution is -2.22. The van der Waals surface area contributed by atoms with Crippen molar-refractivity contribution in [3.63, 3.8) is 0 Å². The van der Waals surface area contributed by atoms with E-state index in [0.29, 0.717) is 5.92 Å². The van der Waals surface area contributed by atoms with E-state index in [1.807, 2.05) is 4.68 Å². The molecule has 0 spiro atoms. The Labute approximate surface area is 121 Å². The Morgan fingerprint density at radius 3 is 2.80 bits per heavy atom. The first-order chi connectivity index (χ1) is 9.56. The standard InChI is InChI=1S/C16H24N4/c1-12(2)8-17-9-16-18-11-19-20(16)10-15-7-13(3)5-6-14(15)4/h5-7,11-12,17H,8-10H2,1-4H3. The van der Waals surface area contributed by atoms with Gasteiger partial charge in [0.2, 0.25) is 0 Å². The highest BCUT2D eigenvalue weighted by atomic mass is 15.3. The number of rotatable bonds is 6. The summed E-state index contributed by atoms with van der Waals surface area (Å²) in [7, 11) is 0. The van der Waals surface area contributed by atoms with Crippen LogP contribution in [0.5, 0.6) is 0 Å². The van der Waals surface area contributed by atoms with Crippen molar-refractivity contribution in [3.05, 3.63) is 47.0 Å². The molecule has 108 valence electrons. The summed E-state index contributed by atoms with van der Waals surface area (Å²) in [6.45, 7) is 11.2. The van der Waals surface area contributed by atoms with Crippen LogP contribution in [0, 0.1) is 19.8 Å². The van der Waals surface area contributed by atoms with Gasteiger partial charge in [-0.05, 0) is 37.4 Å². The lowest BCUT2D eigenvalue weighted by Gasteiger charge is -2.11. The van der Waals surface area contributed by atoms with Crippen molar-refractivity contribution in [1.29, 1.82) is 0 Å². The maximum absolute atomic E-state index is 4.35. The molecule has 1 aromatic heterocycles. The summed E-state index contributed by atoms with van der Waals surface area (Å²) in [6, 6.07) is 6.53. The normalized spacial score (nSPS) is 11.2. The summed E-state index contributed by atoms with van der Waals surface area (Å²) in [6.07, 6.45) is 1.64. The monoisotopic (exact) mass is 272 g/mol. The van der Waals surface area contributed by atoms with Crippen LogP contribution < -0.4 is 5.32 Å². The number of benzene rings is 1. The molecule has 0 aliphatic carbocycles. The Morgan fingerprint density at radius 2 is 2.05 bits per heavy atom. The quantitative estimate of drug-likeness (QED) is 0.879. The fourth-order valence-corrected chi connectivity index (χ4v) is 2.16. The van der Waals surface area contributed by atoms with Gasteiger partial charge in [-0.25, -0.2) is 9.67 Å². The smallest absolute Gasteiger partial charge is 0.141 e. The number of nitrogens with one attached hydrogen (secondary N) is 1. The van der Waals surface area contributed by atoms with E-state index in [4.69, 9.17) is 0 Å². The second kappa shape index (κ2) is 6.66. The van der Waals surface area contributed by atoms with Gasteiger partial charge in [-0.3, -0.25) is 0 Å². The largest absolute Gasteiger partial charge is 0.310 e. The zero-order valence-electron chi connectivity index (χ0n) is 12.8. The summed E-state index contributed by atoms with van der Waals surface area (Å²) in [5, 5.41) is 7.76. The van der Waals surface area contributed by atoms with E-state index < -0.39 is 0 Å². The summed E-state index contributed by atoms with van der Waals surface area (Å²) in [5.74, 6) is 1.64. The summed E-state index contributed by atoms with van der Waals surface area (Å²) < 4.78 is 1.98. The van der Waals surface area contributed by atoms with Crippen LogP contribution in [0.2, 0.25) is 0 Å². The topological polar surface area (TPSA) is 42.7 Å². The summed E-state index contributed by atoms with van der Waals surface area (Å²) in [5.41, 5.74) is 3.89. The van der Waals surface area contributed by atoms with Crippen LogP contribution in [0.25, 0.3) is 0 Å². The van der Waals surface area contributed by atoms with E-state index in [-0.39, 0.29) is 0 Å². The van der Waals surface area contributed by atoms with Crippen LogP contribution in [0.3, 0.4) is 0 Å². The van der Waals surface area contributed by atoms with Gasteiger partial charge in [-0.1, -0.05) is 37.6 Å². The van der Waals surface area contributed by atoms with Crippen molar-refractivity contribution < 1.29 is 0 Å². The molecule has 0 aliphatic heterocycles. The van der Waals surface area contributed by atoms with Gasteiger partial charge < -0.3 is 5.32 Å². The Bertz CT molecular complexity index is 557. The molecule has 0 saturated heterocycles. The summed E-state index contributed by atoms with van der Waals surface area (Å²) >= 11 is 0. The Morgan fingerprint density at radius 1 is 1.25 bits per heavy atom. The van der Waals surface area contributed by atoms with E-state index in [9.17, 15) is 0 Å². The zero-order valence-corrected chi connectivity index (χ0v) is 12.8. The first-order valence-electron chi connectivity index (χ1n) is 7.20. The molecule has 0 bridgehead atoms. The van der Waals surface area contributed by atoms with E-state index in [0.717, 1.165) is 25.5 Å². The number of hydrogen-bond donors (Lipinski definition) is 1.